The van der Waals surface area contributed by atoms with Crippen molar-refractivity contribution in [3.05, 3.63) is 47.2 Å². The van der Waals surface area contributed by atoms with Gasteiger partial charge in [0.1, 0.15) is 4.90 Å². The Morgan fingerprint density at radius 3 is 2.71 bits per heavy atom. The Labute approximate surface area is 126 Å². The van der Waals surface area contributed by atoms with Gasteiger partial charge in [-0.3, -0.25) is 15.5 Å². The molecule has 4 N–H and O–H groups in total. The van der Waals surface area contributed by atoms with E-state index >= 15 is 0 Å². The van der Waals surface area contributed by atoms with Crippen LogP contribution in [0.5, 0.6) is 0 Å². The van der Waals surface area contributed by atoms with Gasteiger partial charge in [0.15, 0.2) is 0 Å². The van der Waals surface area contributed by atoms with Crippen LogP contribution >= 0.6 is 11.6 Å². The summed E-state index contributed by atoms with van der Waals surface area (Å²) in [7, 11) is -3.95. The standard InChI is InChI=1S/C12H10ClN5O2S/c13-9-2-1-8(6-14)5-11(9)18-21(19,20)12-7-16-4-3-10(12)17-15/h1-5,7,18H,15H2,(H,16,17). The van der Waals surface area contributed by atoms with Crippen molar-refractivity contribution in [2.45, 2.75) is 4.90 Å². The van der Waals surface area contributed by atoms with Gasteiger partial charge in [-0.1, -0.05) is 11.6 Å². The van der Waals surface area contributed by atoms with Crippen molar-refractivity contribution in [1.29, 1.82) is 5.26 Å². The zero-order valence-corrected chi connectivity index (χ0v) is 12.1. The lowest BCUT2D eigenvalue weighted by molar-refractivity contribution is 0.601. The molecular weight excluding hydrogens is 314 g/mol. The van der Waals surface area contributed by atoms with Gasteiger partial charge in [0.25, 0.3) is 10.0 Å². The number of aromatic nitrogens is 1. The highest BCUT2D eigenvalue weighted by Crippen LogP contribution is 2.27. The molecule has 1 aromatic carbocycles. The predicted molar refractivity (Wildman–Crippen MR) is 79.0 cm³/mol. The maximum absolute atomic E-state index is 12.3. The van der Waals surface area contributed by atoms with Crippen molar-refractivity contribution in [2.75, 3.05) is 10.1 Å². The first-order chi connectivity index (χ1) is 9.97. The van der Waals surface area contributed by atoms with Crippen molar-refractivity contribution < 1.29 is 8.42 Å². The van der Waals surface area contributed by atoms with E-state index in [9.17, 15) is 8.42 Å². The Balaban J connectivity index is 2.45. The first kappa shape index (κ1) is 15.1. The van der Waals surface area contributed by atoms with Crippen LogP contribution in [0.1, 0.15) is 5.56 Å². The molecule has 2 aromatic rings. The molecule has 0 saturated carbocycles. The number of pyridine rings is 1. The van der Waals surface area contributed by atoms with Crippen LogP contribution in [-0.2, 0) is 10.0 Å². The third kappa shape index (κ3) is 3.22. The summed E-state index contributed by atoms with van der Waals surface area (Å²) in [6, 6.07) is 7.58. The largest absolute Gasteiger partial charge is 0.323 e. The average molecular weight is 324 g/mol. The number of rotatable bonds is 4. The van der Waals surface area contributed by atoms with Gasteiger partial charge in [-0.15, -0.1) is 0 Å². The van der Waals surface area contributed by atoms with E-state index < -0.39 is 10.0 Å². The number of halogens is 1. The summed E-state index contributed by atoms with van der Waals surface area (Å²) in [6.07, 6.45) is 2.55. The molecule has 0 amide bonds. The maximum atomic E-state index is 12.3. The van der Waals surface area contributed by atoms with Crippen molar-refractivity contribution in [1.82, 2.24) is 4.98 Å². The first-order valence-corrected chi connectivity index (χ1v) is 7.47. The average Bonchev–Trinajstić information content (AvgIpc) is 2.49. The molecule has 0 fully saturated rings. The van der Waals surface area contributed by atoms with Gasteiger partial charge in [0.05, 0.1) is 28.0 Å². The number of nitriles is 1. The highest BCUT2D eigenvalue weighted by molar-refractivity contribution is 7.92. The number of nitrogen functional groups attached to an aromatic ring is 1. The third-order valence-corrected chi connectivity index (χ3v) is 4.29. The molecule has 0 aliphatic carbocycles. The second-order valence-electron chi connectivity index (χ2n) is 3.93. The lowest BCUT2D eigenvalue weighted by Gasteiger charge is -2.12. The number of nitrogens with one attached hydrogen (secondary N) is 2. The Morgan fingerprint density at radius 1 is 1.29 bits per heavy atom. The molecule has 0 unspecified atom stereocenters. The Hall–Kier alpha value is -2.34. The van der Waals surface area contributed by atoms with Crippen LogP contribution in [0.4, 0.5) is 11.4 Å². The van der Waals surface area contributed by atoms with Gasteiger partial charge in [0.2, 0.25) is 0 Å². The van der Waals surface area contributed by atoms with Crippen LogP contribution in [0.3, 0.4) is 0 Å². The molecule has 0 saturated heterocycles. The highest BCUT2D eigenvalue weighted by Gasteiger charge is 2.20. The zero-order valence-electron chi connectivity index (χ0n) is 10.5. The minimum atomic E-state index is -3.95. The summed E-state index contributed by atoms with van der Waals surface area (Å²) in [4.78, 5) is 3.62. The molecule has 1 aromatic heterocycles. The van der Waals surface area contributed by atoms with E-state index in [2.05, 4.69) is 15.1 Å². The number of nitrogens with zero attached hydrogens (tertiary/aromatic N) is 2. The smallest absolute Gasteiger partial charge is 0.265 e. The molecule has 0 spiro atoms. The van der Waals surface area contributed by atoms with Crippen molar-refractivity contribution in [3.63, 3.8) is 0 Å². The molecule has 7 nitrogen and oxygen atoms in total. The van der Waals surface area contributed by atoms with Crippen molar-refractivity contribution in [3.8, 4) is 6.07 Å². The van der Waals surface area contributed by atoms with Crippen molar-refractivity contribution >= 4 is 33.0 Å². The minimum Gasteiger partial charge on any atom is -0.323 e. The topological polar surface area (TPSA) is 121 Å². The molecule has 0 radical (unpaired) electrons. The molecule has 1 heterocycles. The third-order valence-electron chi connectivity index (χ3n) is 2.57. The molecule has 0 aliphatic rings. The molecular formula is C12H10ClN5O2S. The normalized spacial score (nSPS) is 10.7. The van der Waals surface area contributed by atoms with Crippen LogP contribution in [0, 0.1) is 11.3 Å². The second-order valence-corrected chi connectivity index (χ2v) is 5.99. The molecule has 108 valence electrons. The van der Waals surface area contributed by atoms with E-state index in [0.29, 0.717) is 0 Å². The summed E-state index contributed by atoms with van der Waals surface area (Å²) in [5.74, 6) is 5.28. The van der Waals surface area contributed by atoms with Crippen LogP contribution in [0.15, 0.2) is 41.6 Å². The van der Waals surface area contributed by atoms with E-state index in [-0.39, 0.29) is 26.9 Å². The second kappa shape index (κ2) is 5.97. The molecule has 0 bridgehead atoms. The van der Waals surface area contributed by atoms with Gasteiger partial charge in [-0.05, 0) is 24.3 Å². The minimum absolute atomic E-state index is 0.0996. The lowest BCUT2D eigenvalue weighted by Crippen LogP contribution is -2.18. The summed E-state index contributed by atoms with van der Waals surface area (Å²) in [5.41, 5.74) is 2.84. The fourth-order valence-corrected chi connectivity index (χ4v) is 2.99. The van der Waals surface area contributed by atoms with Crippen LogP contribution in [0.25, 0.3) is 0 Å². The zero-order chi connectivity index (χ0) is 15.5. The number of benzene rings is 1. The number of sulfonamides is 1. The molecule has 2 rings (SSSR count). The summed E-state index contributed by atoms with van der Waals surface area (Å²) in [5, 5.41) is 9.01. The Kier molecular flexibility index (Phi) is 4.28. The molecule has 0 aliphatic heterocycles. The molecule has 21 heavy (non-hydrogen) atoms. The van der Waals surface area contributed by atoms with Gasteiger partial charge in [-0.25, -0.2) is 8.42 Å². The number of hydrogen-bond acceptors (Lipinski definition) is 6. The van der Waals surface area contributed by atoms with Gasteiger partial charge >= 0.3 is 0 Å². The number of hydrazine groups is 1. The van der Waals surface area contributed by atoms with Crippen LogP contribution in [-0.4, -0.2) is 13.4 Å². The van der Waals surface area contributed by atoms with Gasteiger partial charge < -0.3 is 5.43 Å². The van der Waals surface area contributed by atoms with E-state index in [1.807, 2.05) is 6.07 Å². The summed E-state index contributed by atoms with van der Waals surface area (Å²) >= 11 is 5.93. The Bertz CT molecular complexity index is 817. The van der Waals surface area contributed by atoms with Gasteiger partial charge in [0, 0.05) is 12.4 Å². The summed E-state index contributed by atoms with van der Waals surface area (Å²) in [6.45, 7) is 0. The number of nitrogens with two attached hydrogens (primary N) is 1. The predicted octanol–water partition coefficient (Wildman–Crippen LogP) is 1.69. The Morgan fingerprint density at radius 2 is 2.05 bits per heavy atom. The molecule has 0 atom stereocenters. The SMILES string of the molecule is N#Cc1ccc(Cl)c(NS(=O)(=O)c2cnccc2NN)c1. The summed E-state index contributed by atoms with van der Waals surface area (Å²) < 4.78 is 27.0. The fourth-order valence-electron chi connectivity index (χ4n) is 1.59. The quantitative estimate of drug-likeness (QED) is 0.581. The van der Waals surface area contributed by atoms with E-state index in [0.717, 1.165) is 6.20 Å². The molecule has 9 heteroatoms. The first-order valence-electron chi connectivity index (χ1n) is 5.61. The van der Waals surface area contributed by atoms with E-state index in [1.54, 1.807) is 0 Å². The van der Waals surface area contributed by atoms with Crippen LogP contribution in [0.2, 0.25) is 5.02 Å². The lowest BCUT2D eigenvalue weighted by atomic mass is 10.2. The van der Waals surface area contributed by atoms with E-state index in [4.69, 9.17) is 22.7 Å². The van der Waals surface area contributed by atoms with Gasteiger partial charge in [-0.2, -0.15) is 5.26 Å². The van der Waals surface area contributed by atoms with Crippen LogP contribution < -0.4 is 16.0 Å². The number of anilines is 2. The fraction of sp³-hybridized carbons (Fsp3) is 0. The highest BCUT2D eigenvalue weighted by atomic mass is 35.5. The number of hydrogen-bond donors (Lipinski definition) is 3. The van der Waals surface area contributed by atoms with Crippen molar-refractivity contribution in [2.24, 2.45) is 5.84 Å². The maximum Gasteiger partial charge on any atom is 0.265 e. The van der Waals surface area contributed by atoms with E-state index in [1.165, 1.54) is 30.5 Å². The monoisotopic (exact) mass is 323 g/mol.